The van der Waals surface area contributed by atoms with Crippen molar-refractivity contribution in [1.82, 2.24) is 15.3 Å². The predicted molar refractivity (Wildman–Crippen MR) is 59.8 cm³/mol. The minimum absolute atomic E-state index is 0.335. The van der Waals surface area contributed by atoms with E-state index in [1.165, 1.54) is 5.57 Å². The Morgan fingerprint density at radius 2 is 2.44 bits per heavy atom. The van der Waals surface area contributed by atoms with Crippen LogP contribution in [0.25, 0.3) is 0 Å². The van der Waals surface area contributed by atoms with Gasteiger partial charge in [-0.1, -0.05) is 0 Å². The highest BCUT2D eigenvalue weighted by Gasteiger charge is 2.35. The average Bonchev–Trinajstić information content (AvgIpc) is 2.66. The Bertz CT molecular complexity index is 389. The number of nitrogens with two attached hydrogens (primary N) is 1. The van der Waals surface area contributed by atoms with Gasteiger partial charge in [0.25, 0.3) is 0 Å². The van der Waals surface area contributed by atoms with E-state index in [1.807, 2.05) is 6.21 Å². The normalized spacial score (nSPS) is 28.1. The molecule has 16 heavy (non-hydrogen) atoms. The molecule has 1 unspecified atom stereocenters. The molecule has 6 heteroatoms. The van der Waals surface area contributed by atoms with Crippen LogP contribution in [0.2, 0.25) is 0 Å². The zero-order chi connectivity index (χ0) is 11.1. The van der Waals surface area contributed by atoms with Crippen molar-refractivity contribution < 1.29 is 4.79 Å². The molecule has 3 N–H and O–H groups in total. The van der Waals surface area contributed by atoms with Crippen molar-refractivity contribution in [1.29, 1.82) is 0 Å². The summed E-state index contributed by atoms with van der Waals surface area (Å²) in [7, 11) is 0. The zero-order valence-corrected chi connectivity index (χ0v) is 9.02. The van der Waals surface area contributed by atoms with Gasteiger partial charge in [0, 0.05) is 19.3 Å². The van der Waals surface area contributed by atoms with Gasteiger partial charge in [-0.05, 0) is 12.0 Å². The van der Waals surface area contributed by atoms with E-state index in [4.69, 9.17) is 5.73 Å². The van der Waals surface area contributed by atoms with Crippen LogP contribution in [0.3, 0.4) is 0 Å². The van der Waals surface area contributed by atoms with Crippen LogP contribution < -0.4 is 11.2 Å². The maximum Gasteiger partial charge on any atom is 0.315 e. The summed E-state index contributed by atoms with van der Waals surface area (Å²) in [6, 6.07) is 0.0212. The Morgan fingerprint density at radius 3 is 3.25 bits per heavy atom. The third-order valence-corrected chi connectivity index (χ3v) is 3.38. The molecule has 0 saturated carbocycles. The SMILES string of the molecule is NC(=O)N1CCC2NN3CCN=CC3=C2C1. The molecule has 0 bridgehead atoms. The molecule has 3 aliphatic rings. The number of carbonyl (C=O) groups is 1. The molecule has 1 saturated heterocycles. The van der Waals surface area contributed by atoms with Gasteiger partial charge in [-0.3, -0.25) is 4.99 Å². The van der Waals surface area contributed by atoms with Crippen LogP contribution in [0.5, 0.6) is 0 Å². The van der Waals surface area contributed by atoms with Crippen LogP contribution in [0.15, 0.2) is 16.3 Å². The number of primary amides is 1. The molecule has 3 aliphatic heterocycles. The number of rotatable bonds is 0. The summed E-state index contributed by atoms with van der Waals surface area (Å²) < 4.78 is 0. The fourth-order valence-electron chi connectivity index (χ4n) is 2.52. The summed E-state index contributed by atoms with van der Waals surface area (Å²) in [4.78, 5) is 17.1. The Balaban J connectivity index is 1.89. The zero-order valence-electron chi connectivity index (χ0n) is 9.02. The second-order valence-electron chi connectivity index (χ2n) is 4.33. The largest absolute Gasteiger partial charge is 0.351 e. The van der Waals surface area contributed by atoms with Gasteiger partial charge >= 0.3 is 6.03 Å². The third kappa shape index (κ3) is 1.37. The topological polar surface area (TPSA) is 74.0 Å². The molecule has 1 fully saturated rings. The number of allylic oxidation sites excluding steroid dienone is 1. The lowest BCUT2D eigenvalue weighted by Crippen LogP contribution is -2.47. The predicted octanol–water partition coefficient (Wildman–Crippen LogP) is -0.702. The van der Waals surface area contributed by atoms with Crippen molar-refractivity contribution in [3.63, 3.8) is 0 Å². The summed E-state index contributed by atoms with van der Waals surface area (Å²) in [6.07, 6.45) is 2.82. The summed E-state index contributed by atoms with van der Waals surface area (Å²) in [5.41, 5.74) is 11.1. The number of nitrogens with one attached hydrogen (secondary N) is 1. The summed E-state index contributed by atoms with van der Waals surface area (Å²) in [5, 5.41) is 2.14. The minimum Gasteiger partial charge on any atom is -0.351 e. The second-order valence-corrected chi connectivity index (χ2v) is 4.33. The maximum absolute atomic E-state index is 11.2. The van der Waals surface area contributed by atoms with Crippen LogP contribution in [0.4, 0.5) is 4.79 Å². The van der Waals surface area contributed by atoms with Crippen LogP contribution in [-0.4, -0.2) is 54.4 Å². The van der Waals surface area contributed by atoms with Crippen molar-refractivity contribution >= 4 is 12.2 Å². The molecule has 0 aromatic rings. The molecular formula is C10H15N5O. The second kappa shape index (κ2) is 3.48. The highest BCUT2D eigenvalue weighted by Crippen LogP contribution is 2.27. The number of aliphatic imine (C=N–C) groups is 1. The van der Waals surface area contributed by atoms with Gasteiger partial charge in [0.05, 0.1) is 24.8 Å². The minimum atomic E-state index is -0.335. The molecule has 0 aliphatic carbocycles. The van der Waals surface area contributed by atoms with E-state index >= 15 is 0 Å². The van der Waals surface area contributed by atoms with E-state index in [0.717, 1.165) is 31.8 Å². The molecular weight excluding hydrogens is 206 g/mol. The fraction of sp³-hybridized carbons (Fsp3) is 0.600. The first-order valence-electron chi connectivity index (χ1n) is 5.56. The van der Waals surface area contributed by atoms with E-state index in [1.54, 1.807) is 4.90 Å². The van der Waals surface area contributed by atoms with E-state index in [2.05, 4.69) is 15.4 Å². The first-order valence-corrected chi connectivity index (χ1v) is 5.56. The number of amides is 2. The van der Waals surface area contributed by atoms with Gasteiger partial charge in [0.1, 0.15) is 0 Å². The van der Waals surface area contributed by atoms with E-state index in [0.29, 0.717) is 12.6 Å². The van der Waals surface area contributed by atoms with Crippen molar-refractivity contribution in [3.05, 3.63) is 11.3 Å². The molecule has 1 atom stereocenters. The molecule has 0 spiro atoms. The molecule has 0 aromatic heterocycles. The summed E-state index contributed by atoms with van der Waals surface area (Å²) in [6.45, 7) is 3.10. The highest BCUT2D eigenvalue weighted by molar-refractivity contribution is 5.81. The van der Waals surface area contributed by atoms with E-state index in [9.17, 15) is 4.79 Å². The quantitative estimate of drug-likeness (QED) is 0.568. The Kier molecular flexibility index (Phi) is 2.10. The molecule has 3 rings (SSSR count). The number of fused-ring (bicyclic) bond motifs is 2. The standard InChI is InChI=1S/C10H15N5O/c11-10(16)14-3-1-8-7(6-14)9-5-12-2-4-15(9)13-8/h5,8,13H,1-4,6H2,(H2,11,16). The Labute approximate surface area is 93.8 Å². The smallest absolute Gasteiger partial charge is 0.315 e. The van der Waals surface area contributed by atoms with Crippen molar-refractivity contribution in [2.45, 2.75) is 12.5 Å². The molecule has 6 nitrogen and oxygen atoms in total. The monoisotopic (exact) mass is 221 g/mol. The lowest BCUT2D eigenvalue weighted by molar-refractivity contribution is 0.195. The number of likely N-dealkylation sites (tertiary alicyclic amines) is 1. The van der Waals surface area contributed by atoms with Crippen molar-refractivity contribution in [3.8, 4) is 0 Å². The fourth-order valence-corrected chi connectivity index (χ4v) is 2.52. The maximum atomic E-state index is 11.2. The third-order valence-electron chi connectivity index (χ3n) is 3.38. The molecule has 2 amide bonds. The van der Waals surface area contributed by atoms with Gasteiger partial charge in [-0.15, -0.1) is 0 Å². The first-order chi connectivity index (χ1) is 7.75. The number of hydrogen-bond donors (Lipinski definition) is 2. The first kappa shape index (κ1) is 9.65. The summed E-state index contributed by atoms with van der Waals surface area (Å²) in [5.74, 6) is 0. The van der Waals surface area contributed by atoms with Gasteiger partial charge in [0.2, 0.25) is 0 Å². The molecule has 0 radical (unpaired) electrons. The number of hydrazine groups is 1. The highest BCUT2D eigenvalue weighted by atomic mass is 16.2. The van der Waals surface area contributed by atoms with E-state index in [-0.39, 0.29) is 6.03 Å². The van der Waals surface area contributed by atoms with E-state index < -0.39 is 0 Å². The van der Waals surface area contributed by atoms with Crippen LogP contribution in [0, 0.1) is 0 Å². The Hall–Kier alpha value is -1.56. The van der Waals surface area contributed by atoms with Crippen LogP contribution in [-0.2, 0) is 0 Å². The molecule has 3 heterocycles. The number of carbonyl (C=O) groups excluding carboxylic acids is 1. The van der Waals surface area contributed by atoms with Gasteiger partial charge in [-0.2, -0.15) is 0 Å². The number of nitrogens with zero attached hydrogens (tertiary/aromatic N) is 3. The number of urea groups is 1. The van der Waals surface area contributed by atoms with Crippen LogP contribution >= 0.6 is 0 Å². The van der Waals surface area contributed by atoms with Gasteiger partial charge < -0.3 is 15.6 Å². The van der Waals surface area contributed by atoms with Crippen molar-refractivity contribution in [2.75, 3.05) is 26.2 Å². The number of piperidine rings is 1. The van der Waals surface area contributed by atoms with Crippen LogP contribution in [0.1, 0.15) is 6.42 Å². The van der Waals surface area contributed by atoms with Gasteiger partial charge in [-0.25, -0.2) is 10.2 Å². The molecule has 0 aromatic carbocycles. The lowest BCUT2D eigenvalue weighted by Gasteiger charge is -2.30. The Morgan fingerprint density at radius 1 is 1.56 bits per heavy atom. The molecule has 86 valence electrons. The number of hydrogen-bond acceptors (Lipinski definition) is 4. The van der Waals surface area contributed by atoms with Gasteiger partial charge in [0.15, 0.2) is 0 Å². The lowest BCUT2D eigenvalue weighted by atomic mass is 9.99. The average molecular weight is 221 g/mol. The van der Waals surface area contributed by atoms with Crippen molar-refractivity contribution in [2.24, 2.45) is 10.7 Å². The summed E-state index contributed by atoms with van der Waals surface area (Å²) >= 11 is 0.